The molecule has 1 heterocycles. The Balaban J connectivity index is 2.28. The van der Waals surface area contributed by atoms with Gasteiger partial charge in [0.25, 0.3) is 0 Å². The van der Waals surface area contributed by atoms with Crippen LogP contribution < -0.4 is 0 Å². The van der Waals surface area contributed by atoms with Crippen LogP contribution in [-0.4, -0.2) is 12.2 Å². The fourth-order valence-electron chi connectivity index (χ4n) is 2.01. The maximum atomic E-state index is 12.4. The monoisotopic (exact) mass is 246 g/mol. The highest BCUT2D eigenvalue weighted by molar-refractivity contribution is 6.09. The fraction of sp³-hybridized carbons (Fsp3) is 0.0714. The first-order chi connectivity index (χ1) is 8.66. The SMILES string of the molecule is O=C(c1ccc2oc3ccccc3c2c1)C(F)F. The summed E-state index contributed by atoms with van der Waals surface area (Å²) >= 11 is 0. The minimum atomic E-state index is -2.99. The van der Waals surface area contributed by atoms with Crippen molar-refractivity contribution < 1.29 is 18.0 Å². The lowest BCUT2D eigenvalue weighted by molar-refractivity contribution is 0.0679. The smallest absolute Gasteiger partial charge is 0.300 e. The predicted molar refractivity (Wildman–Crippen MR) is 64.1 cm³/mol. The Labute approximate surface area is 101 Å². The molecule has 3 rings (SSSR count). The van der Waals surface area contributed by atoms with Gasteiger partial charge in [0.05, 0.1) is 0 Å². The average molecular weight is 246 g/mol. The van der Waals surface area contributed by atoms with Crippen molar-refractivity contribution in [2.24, 2.45) is 0 Å². The van der Waals surface area contributed by atoms with E-state index in [1.807, 2.05) is 18.2 Å². The number of ketones is 1. The van der Waals surface area contributed by atoms with E-state index in [2.05, 4.69) is 0 Å². The number of para-hydroxylation sites is 1. The van der Waals surface area contributed by atoms with Gasteiger partial charge < -0.3 is 4.42 Å². The van der Waals surface area contributed by atoms with Crippen LogP contribution in [0.1, 0.15) is 10.4 Å². The van der Waals surface area contributed by atoms with E-state index in [1.54, 1.807) is 12.1 Å². The lowest BCUT2D eigenvalue weighted by atomic mass is 10.1. The van der Waals surface area contributed by atoms with Crippen LogP contribution in [0.5, 0.6) is 0 Å². The zero-order valence-electron chi connectivity index (χ0n) is 9.19. The summed E-state index contributed by atoms with van der Waals surface area (Å²) in [6.07, 6.45) is -2.99. The predicted octanol–water partition coefficient (Wildman–Crippen LogP) is 4.03. The van der Waals surface area contributed by atoms with E-state index in [0.29, 0.717) is 16.6 Å². The second-order valence-electron chi connectivity index (χ2n) is 3.97. The summed E-state index contributed by atoms with van der Waals surface area (Å²) in [6.45, 7) is 0. The normalized spacial score (nSPS) is 11.5. The van der Waals surface area contributed by atoms with Crippen LogP contribution in [-0.2, 0) is 0 Å². The van der Waals surface area contributed by atoms with E-state index >= 15 is 0 Å². The van der Waals surface area contributed by atoms with Crippen LogP contribution in [0.2, 0.25) is 0 Å². The van der Waals surface area contributed by atoms with Gasteiger partial charge in [0.2, 0.25) is 5.78 Å². The van der Waals surface area contributed by atoms with Gasteiger partial charge in [0, 0.05) is 16.3 Å². The number of furan rings is 1. The lowest BCUT2D eigenvalue weighted by Gasteiger charge is -1.98. The zero-order valence-corrected chi connectivity index (χ0v) is 9.19. The van der Waals surface area contributed by atoms with E-state index in [0.717, 1.165) is 5.39 Å². The highest BCUT2D eigenvalue weighted by Gasteiger charge is 2.18. The van der Waals surface area contributed by atoms with E-state index in [9.17, 15) is 13.6 Å². The largest absolute Gasteiger partial charge is 0.456 e. The molecule has 90 valence electrons. The van der Waals surface area contributed by atoms with Gasteiger partial charge in [-0.2, -0.15) is 0 Å². The van der Waals surface area contributed by atoms with E-state index in [-0.39, 0.29) is 5.56 Å². The van der Waals surface area contributed by atoms with Gasteiger partial charge in [-0.15, -0.1) is 0 Å². The number of alkyl halides is 2. The molecule has 0 N–H and O–H groups in total. The van der Waals surface area contributed by atoms with E-state index in [4.69, 9.17) is 4.42 Å². The van der Waals surface area contributed by atoms with Crippen molar-refractivity contribution in [2.45, 2.75) is 6.43 Å². The van der Waals surface area contributed by atoms with Crippen molar-refractivity contribution in [1.29, 1.82) is 0 Å². The number of benzene rings is 2. The third kappa shape index (κ3) is 1.57. The minimum Gasteiger partial charge on any atom is -0.456 e. The van der Waals surface area contributed by atoms with Gasteiger partial charge in [-0.25, -0.2) is 8.78 Å². The summed E-state index contributed by atoms with van der Waals surface area (Å²) < 4.78 is 30.3. The Morgan fingerprint density at radius 2 is 1.72 bits per heavy atom. The van der Waals surface area contributed by atoms with Gasteiger partial charge >= 0.3 is 6.43 Å². The van der Waals surface area contributed by atoms with Crippen molar-refractivity contribution in [1.82, 2.24) is 0 Å². The zero-order chi connectivity index (χ0) is 12.7. The van der Waals surface area contributed by atoms with Crippen LogP contribution in [0, 0.1) is 0 Å². The van der Waals surface area contributed by atoms with Crippen LogP contribution in [0.3, 0.4) is 0 Å². The number of halogens is 2. The number of fused-ring (bicyclic) bond motifs is 3. The highest BCUT2D eigenvalue weighted by Crippen LogP contribution is 2.29. The molecule has 2 nitrogen and oxygen atoms in total. The van der Waals surface area contributed by atoms with Gasteiger partial charge in [-0.3, -0.25) is 4.79 Å². The van der Waals surface area contributed by atoms with Crippen molar-refractivity contribution in [3.63, 3.8) is 0 Å². The summed E-state index contributed by atoms with van der Waals surface area (Å²) in [5.41, 5.74) is 1.26. The van der Waals surface area contributed by atoms with Crippen LogP contribution in [0.25, 0.3) is 21.9 Å². The first kappa shape index (κ1) is 10.9. The molecule has 0 fully saturated rings. The van der Waals surface area contributed by atoms with Gasteiger partial charge in [-0.1, -0.05) is 18.2 Å². The molecule has 0 amide bonds. The maximum absolute atomic E-state index is 12.4. The molecule has 0 saturated carbocycles. The summed E-state index contributed by atoms with van der Waals surface area (Å²) in [5, 5.41) is 1.49. The Morgan fingerprint density at radius 3 is 2.50 bits per heavy atom. The Morgan fingerprint density at radius 1 is 1.00 bits per heavy atom. The van der Waals surface area contributed by atoms with Crippen molar-refractivity contribution in [2.75, 3.05) is 0 Å². The molecule has 0 radical (unpaired) electrons. The molecule has 0 aliphatic carbocycles. The standard InChI is InChI=1S/C14H8F2O2/c15-14(16)13(17)8-5-6-12-10(7-8)9-3-1-2-4-11(9)18-12/h1-7,14H. The van der Waals surface area contributed by atoms with E-state index in [1.165, 1.54) is 12.1 Å². The van der Waals surface area contributed by atoms with Crippen LogP contribution in [0.4, 0.5) is 8.78 Å². The third-order valence-corrected chi connectivity index (χ3v) is 2.86. The lowest BCUT2D eigenvalue weighted by Crippen LogP contribution is -2.09. The summed E-state index contributed by atoms with van der Waals surface area (Å²) in [7, 11) is 0. The summed E-state index contributed by atoms with van der Waals surface area (Å²) in [5.74, 6) is -1.16. The molecule has 0 saturated heterocycles. The highest BCUT2D eigenvalue weighted by atomic mass is 19.3. The first-order valence-electron chi connectivity index (χ1n) is 5.40. The number of carbonyl (C=O) groups excluding carboxylic acids is 1. The van der Waals surface area contributed by atoms with Gasteiger partial charge in [0.15, 0.2) is 0 Å². The molecule has 0 atom stereocenters. The van der Waals surface area contributed by atoms with E-state index < -0.39 is 12.2 Å². The number of carbonyl (C=O) groups is 1. The first-order valence-corrected chi connectivity index (χ1v) is 5.40. The van der Waals surface area contributed by atoms with Gasteiger partial charge in [0.1, 0.15) is 11.2 Å². The minimum absolute atomic E-state index is 0.00375. The Kier molecular flexibility index (Phi) is 2.37. The molecule has 0 aliphatic rings. The maximum Gasteiger partial charge on any atom is 0.300 e. The van der Waals surface area contributed by atoms with Crippen LogP contribution >= 0.6 is 0 Å². The average Bonchev–Trinajstić information content (AvgIpc) is 2.75. The molecule has 2 aromatic carbocycles. The topological polar surface area (TPSA) is 30.2 Å². The molecule has 0 unspecified atom stereocenters. The van der Waals surface area contributed by atoms with Crippen molar-refractivity contribution >= 4 is 27.7 Å². The number of hydrogen-bond acceptors (Lipinski definition) is 2. The second kappa shape index (κ2) is 3.91. The summed E-state index contributed by atoms with van der Waals surface area (Å²) in [4.78, 5) is 11.3. The third-order valence-electron chi connectivity index (χ3n) is 2.86. The molecule has 0 spiro atoms. The number of Topliss-reactive ketones (excluding diaryl/α,β-unsaturated/α-hetero) is 1. The molecular formula is C14H8F2O2. The number of hydrogen-bond donors (Lipinski definition) is 0. The van der Waals surface area contributed by atoms with Crippen molar-refractivity contribution in [3.05, 3.63) is 48.0 Å². The molecule has 0 aliphatic heterocycles. The molecule has 0 bridgehead atoms. The number of rotatable bonds is 2. The van der Waals surface area contributed by atoms with Gasteiger partial charge in [-0.05, 0) is 24.3 Å². The van der Waals surface area contributed by atoms with Crippen LogP contribution in [0.15, 0.2) is 46.9 Å². The molecule has 3 aromatic rings. The summed E-state index contributed by atoms with van der Waals surface area (Å²) in [6, 6.07) is 11.6. The molecule has 1 aromatic heterocycles. The quantitative estimate of drug-likeness (QED) is 0.639. The Bertz CT molecular complexity index is 744. The molecule has 4 heteroatoms. The Hall–Kier alpha value is -2.23. The molecular weight excluding hydrogens is 238 g/mol. The second-order valence-corrected chi connectivity index (χ2v) is 3.97. The molecule has 18 heavy (non-hydrogen) atoms. The fourth-order valence-corrected chi connectivity index (χ4v) is 2.01. The van der Waals surface area contributed by atoms with Crippen molar-refractivity contribution in [3.8, 4) is 0 Å².